The van der Waals surface area contributed by atoms with E-state index in [1.165, 1.54) is 96.7 Å². The number of aliphatic hydroxyl groups is 1. The van der Waals surface area contributed by atoms with Crippen LogP contribution in [0.3, 0.4) is 0 Å². The van der Waals surface area contributed by atoms with Crippen LogP contribution in [-0.4, -0.2) is 36.2 Å². The van der Waals surface area contributed by atoms with Crippen molar-refractivity contribution >= 4 is 0 Å². The molecule has 2 heteroatoms. The summed E-state index contributed by atoms with van der Waals surface area (Å²) >= 11 is 0. The Morgan fingerprint density at radius 3 is 1.78 bits per heavy atom. The van der Waals surface area contributed by atoms with Gasteiger partial charge in [0.15, 0.2) is 0 Å². The molecule has 23 heavy (non-hydrogen) atoms. The minimum absolute atomic E-state index is 0.114. The van der Waals surface area contributed by atoms with Crippen molar-refractivity contribution < 1.29 is 5.11 Å². The maximum Gasteiger partial charge on any atom is 0.0484 e. The van der Waals surface area contributed by atoms with Crippen LogP contribution in [0.15, 0.2) is 0 Å². The van der Waals surface area contributed by atoms with E-state index in [2.05, 4.69) is 25.7 Å². The van der Waals surface area contributed by atoms with Crippen molar-refractivity contribution in [1.82, 2.24) is 4.90 Å². The second kappa shape index (κ2) is 12.3. The van der Waals surface area contributed by atoms with Gasteiger partial charge in [-0.3, -0.25) is 0 Å². The Bertz CT molecular complexity index is 269. The quantitative estimate of drug-likeness (QED) is 0.443. The third-order valence-corrected chi connectivity index (χ3v) is 5.93. The molecule has 1 fully saturated rings. The molecule has 1 rings (SSSR count). The zero-order valence-electron chi connectivity index (χ0n) is 16.3. The Balaban J connectivity index is 1.92. The fourth-order valence-corrected chi connectivity index (χ4v) is 3.89. The number of unbranched alkanes of at least 4 members (excludes halogenated alkanes) is 9. The molecule has 0 spiro atoms. The van der Waals surface area contributed by atoms with Crippen molar-refractivity contribution in [2.24, 2.45) is 11.3 Å². The van der Waals surface area contributed by atoms with E-state index in [1.54, 1.807) is 0 Å². The molecule has 0 aromatic rings. The molecule has 0 bridgehead atoms. The maximum absolute atomic E-state index is 9.50. The van der Waals surface area contributed by atoms with Crippen molar-refractivity contribution in [1.29, 1.82) is 0 Å². The first-order chi connectivity index (χ1) is 11.1. The minimum atomic E-state index is 0.114. The molecule has 1 aliphatic rings. The third kappa shape index (κ3) is 9.10. The van der Waals surface area contributed by atoms with Crippen molar-refractivity contribution in [3.05, 3.63) is 0 Å². The second-order valence-corrected chi connectivity index (χ2v) is 8.44. The predicted octanol–water partition coefficient (Wildman–Crippen LogP) is 5.64. The van der Waals surface area contributed by atoms with Gasteiger partial charge in [-0.1, -0.05) is 78.6 Å². The van der Waals surface area contributed by atoms with E-state index in [0.29, 0.717) is 12.5 Å². The van der Waals surface area contributed by atoms with Crippen molar-refractivity contribution in [2.75, 3.05) is 26.2 Å². The van der Waals surface area contributed by atoms with Crippen LogP contribution >= 0.6 is 0 Å². The van der Waals surface area contributed by atoms with Crippen LogP contribution in [0.4, 0.5) is 0 Å². The molecule has 2 nitrogen and oxygen atoms in total. The number of aliphatic hydroxyl groups excluding tert-OH is 1. The molecule has 1 heterocycles. The number of hydrogen-bond acceptors (Lipinski definition) is 2. The van der Waals surface area contributed by atoms with Crippen LogP contribution < -0.4 is 0 Å². The topological polar surface area (TPSA) is 23.5 Å². The molecular weight excluding hydrogens is 282 g/mol. The minimum Gasteiger partial charge on any atom is -0.396 e. The first-order valence-electron chi connectivity index (χ1n) is 10.4. The Hall–Kier alpha value is -0.0800. The van der Waals surface area contributed by atoms with Gasteiger partial charge in [0.05, 0.1) is 0 Å². The Morgan fingerprint density at radius 2 is 1.30 bits per heavy atom. The lowest BCUT2D eigenvalue weighted by atomic mass is 9.74. The number of hydrogen-bond donors (Lipinski definition) is 1. The largest absolute Gasteiger partial charge is 0.396 e. The maximum atomic E-state index is 9.50. The van der Waals surface area contributed by atoms with Gasteiger partial charge < -0.3 is 10.0 Å². The normalized spacial score (nSPS) is 17.7. The zero-order valence-corrected chi connectivity index (χ0v) is 16.3. The first-order valence-corrected chi connectivity index (χ1v) is 10.4. The van der Waals surface area contributed by atoms with E-state index in [9.17, 15) is 5.11 Å². The van der Waals surface area contributed by atoms with Crippen LogP contribution in [-0.2, 0) is 0 Å². The van der Waals surface area contributed by atoms with Crippen molar-refractivity contribution in [3.63, 3.8) is 0 Å². The highest BCUT2D eigenvalue weighted by atomic mass is 16.3. The monoisotopic (exact) mass is 325 g/mol. The van der Waals surface area contributed by atoms with Crippen LogP contribution in [0, 0.1) is 11.3 Å². The summed E-state index contributed by atoms with van der Waals surface area (Å²) < 4.78 is 0. The Labute approximate surface area is 146 Å². The van der Waals surface area contributed by atoms with Gasteiger partial charge in [-0.15, -0.1) is 0 Å². The number of likely N-dealkylation sites (tertiary alicyclic amines) is 1. The molecule has 0 atom stereocenters. The van der Waals surface area contributed by atoms with Gasteiger partial charge in [0, 0.05) is 6.61 Å². The molecule has 0 amide bonds. The zero-order chi connectivity index (χ0) is 17.0. The van der Waals surface area contributed by atoms with E-state index >= 15 is 0 Å². The molecule has 138 valence electrons. The highest BCUT2D eigenvalue weighted by molar-refractivity contribution is 4.83. The van der Waals surface area contributed by atoms with Gasteiger partial charge in [0.2, 0.25) is 0 Å². The SMILES string of the molecule is CCCCCCCCCCCCN1CCC(C(C)(C)CO)CC1. The van der Waals surface area contributed by atoms with Gasteiger partial charge >= 0.3 is 0 Å². The van der Waals surface area contributed by atoms with Crippen LogP contribution in [0.25, 0.3) is 0 Å². The predicted molar refractivity (Wildman–Crippen MR) is 102 cm³/mol. The smallest absolute Gasteiger partial charge is 0.0484 e. The summed E-state index contributed by atoms with van der Waals surface area (Å²) in [6.45, 7) is 10.8. The lowest BCUT2D eigenvalue weighted by Crippen LogP contribution is -2.40. The molecule has 0 saturated carbocycles. The molecule has 0 radical (unpaired) electrons. The Morgan fingerprint density at radius 1 is 0.826 bits per heavy atom. The highest BCUT2D eigenvalue weighted by Crippen LogP contribution is 2.34. The standard InChI is InChI=1S/C21H43NO/c1-4-5-6-7-8-9-10-11-12-13-16-22-17-14-20(15-18-22)21(2,3)19-23/h20,23H,4-19H2,1-3H3. The van der Waals surface area contributed by atoms with E-state index in [4.69, 9.17) is 0 Å². The Kier molecular flexibility index (Phi) is 11.2. The number of rotatable bonds is 13. The van der Waals surface area contributed by atoms with E-state index in [-0.39, 0.29) is 5.41 Å². The molecular formula is C21H43NO. The lowest BCUT2D eigenvalue weighted by molar-refractivity contribution is 0.0488. The molecule has 1 aliphatic heterocycles. The third-order valence-electron chi connectivity index (χ3n) is 5.93. The van der Waals surface area contributed by atoms with Gasteiger partial charge in [-0.05, 0) is 50.2 Å². The molecule has 0 aromatic carbocycles. The number of nitrogens with zero attached hydrogens (tertiary/aromatic N) is 1. The van der Waals surface area contributed by atoms with Crippen LogP contribution in [0.5, 0.6) is 0 Å². The second-order valence-electron chi connectivity index (χ2n) is 8.44. The van der Waals surface area contributed by atoms with Gasteiger partial charge in [-0.25, -0.2) is 0 Å². The summed E-state index contributed by atoms with van der Waals surface area (Å²) in [5.74, 6) is 0.705. The van der Waals surface area contributed by atoms with Gasteiger partial charge in [0.1, 0.15) is 0 Å². The van der Waals surface area contributed by atoms with E-state index in [0.717, 1.165) is 0 Å². The van der Waals surface area contributed by atoms with Crippen LogP contribution in [0.2, 0.25) is 0 Å². The average molecular weight is 326 g/mol. The van der Waals surface area contributed by atoms with E-state index < -0.39 is 0 Å². The molecule has 0 unspecified atom stereocenters. The fraction of sp³-hybridized carbons (Fsp3) is 1.00. The molecule has 0 aromatic heterocycles. The van der Waals surface area contributed by atoms with Gasteiger partial charge in [-0.2, -0.15) is 0 Å². The summed E-state index contributed by atoms with van der Waals surface area (Å²) in [5, 5.41) is 9.50. The van der Waals surface area contributed by atoms with E-state index in [1.807, 2.05) is 0 Å². The van der Waals surface area contributed by atoms with Crippen LogP contribution in [0.1, 0.15) is 97.8 Å². The summed E-state index contributed by atoms with van der Waals surface area (Å²) in [4.78, 5) is 2.65. The molecule has 1 saturated heterocycles. The highest BCUT2D eigenvalue weighted by Gasteiger charge is 2.31. The average Bonchev–Trinajstić information content (AvgIpc) is 2.57. The molecule has 1 N–H and O–H groups in total. The first kappa shape index (κ1) is 21.0. The fourth-order valence-electron chi connectivity index (χ4n) is 3.89. The molecule has 0 aliphatic carbocycles. The number of piperidine rings is 1. The van der Waals surface area contributed by atoms with Gasteiger partial charge in [0.25, 0.3) is 0 Å². The summed E-state index contributed by atoms with van der Waals surface area (Å²) in [6.07, 6.45) is 16.8. The summed E-state index contributed by atoms with van der Waals surface area (Å²) in [7, 11) is 0. The van der Waals surface area contributed by atoms with Crippen molar-refractivity contribution in [2.45, 2.75) is 97.8 Å². The summed E-state index contributed by atoms with van der Waals surface area (Å²) in [5.41, 5.74) is 0.114. The van der Waals surface area contributed by atoms with Crippen molar-refractivity contribution in [3.8, 4) is 0 Å². The summed E-state index contributed by atoms with van der Waals surface area (Å²) in [6, 6.07) is 0. The lowest BCUT2D eigenvalue weighted by Gasteiger charge is -2.39.